The summed E-state index contributed by atoms with van der Waals surface area (Å²) in [6.07, 6.45) is 5.08. The smallest absolute Gasteiger partial charge is 0.251 e. The highest BCUT2D eigenvalue weighted by atomic mass is 16.5. The van der Waals surface area contributed by atoms with Gasteiger partial charge in [0.2, 0.25) is 0 Å². The van der Waals surface area contributed by atoms with Gasteiger partial charge in [-0.05, 0) is 47.9 Å². The van der Waals surface area contributed by atoms with Crippen LogP contribution >= 0.6 is 0 Å². The number of rotatable bonds is 6. The minimum Gasteiger partial charge on any atom is -0.494 e. The molecule has 1 aliphatic rings. The first kappa shape index (κ1) is 14.5. The molecule has 0 unspecified atom stereocenters. The summed E-state index contributed by atoms with van der Waals surface area (Å²) in [7, 11) is 1.57. The Morgan fingerprint density at radius 1 is 1.50 bits per heavy atom. The first-order chi connectivity index (χ1) is 10.7. The molecule has 1 heterocycles. The van der Waals surface area contributed by atoms with E-state index < -0.39 is 0 Å². The Labute approximate surface area is 128 Å². The van der Waals surface area contributed by atoms with Crippen molar-refractivity contribution in [2.45, 2.75) is 32.2 Å². The van der Waals surface area contributed by atoms with Crippen LogP contribution in [0.25, 0.3) is 5.69 Å². The fourth-order valence-corrected chi connectivity index (χ4v) is 2.50. The summed E-state index contributed by atoms with van der Waals surface area (Å²) >= 11 is 0. The average molecular weight is 301 g/mol. The van der Waals surface area contributed by atoms with Crippen LogP contribution in [0.3, 0.4) is 0 Å². The van der Waals surface area contributed by atoms with E-state index in [0.717, 1.165) is 12.3 Å². The number of carbonyl (C=O) groups is 1. The molecule has 3 rings (SSSR count). The summed E-state index contributed by atoms with van der Waals surface area (Å²) in [5.41, 5.74) is 1.20. The summed E-state index contributed by atoms with van der Waals surface area (Å²) in [6, 6.07) is 5.40. The van der Waals surface area contributed by atoms with E-state index in [0.29, 0.717) is 17.0 Å². The van der Waals surface area contributed by atoms with Crippen LogP contribution in [0.5, 0.6) is 5.75 Å². The van der Waals surface area contributed by atoms with E-state index in [1.165, 1.54) is 23.9 Å². The quantitative estimate of drug-likeness (QED) is 0.876. The molecule has 2 aromatic rings. The number of hydrogen-bond acceptors (Lipinski definition) is 5. The van der Waals surface area contributed by atoms with Crippen LogP contribution in [0.15, 0.2) is 24.5 Å². The molecule has 116 valence electrons. The molecule has 7 heteroatoms. The molecule has 1 amide bonds. The fourth-order valence-electron chi connectivity index (χ4n) is 2.50. The Morgan fingerprint density at radius 2 is 2.32 bits per heavy atom. The van der Waals surface area contributed by atoms with Gasteiger partial charge in [-0.25, -0.2) is 0 Å². The lowest BCUT2D eigenvalue weighted by Gasteiger charge is -2.14. The molecule has 0 bridgehead atoms. The number of benzene rings is 1. The molecule has 7 nitrogen and oxygen atoms in total. The van der Waals surface area contributed by atoms with Gasteiger partial charge in [-0.3, -0.25) is 4.79 Å². The van der Waals surface area contributed by atoms with E-state index in [2.05, 4.69) is 20.8 Å². The van der Waals surface area contributed by atoms with E-state index in [4.69, 9.17) is 4.74 Å². The maximum Gasteiger partial charge on any atom is 0.251 e. The van der Waals surface area contributed by atoms with Crippen molar-refractivity contribution >= 4 is 5.91 Å². The highest BCUT2D eigenvalue weighted by molar-refractivity contribution is 5.95. The topological polar surface area (TPSA) is 81.9 Å². The van der Waals surface area contributed by atoms with Gasteiger partial charge in [0, 0.05) is 11.6 Å². The lowest BCUT2D eigenvalue weighted by Crippen LogP contribution is -2.32. The molecular weight excluding hydrogens is 282 g/mol. The van der Waals surface area contributed by atoms with E-state index in [-0.39, 0.29) is 11.9 Å². The predicted octanol–water partition coefficient (Wildman–Crippen LogP) is 1.59. The van der Waals surface area contributed by atoms with Gasteiger partial charge in [-0.2, -0.15) is 4.68 Å². The zero-order chi connectivity index (χ0) is 15.5. The van der Waals surface area contributed by atoms with Gasteiger partial charge < -0.3 is 10.1 Å². The van der Waals surface area contributed by atoms with E-state index in [1.54, 1.807) is 25.3 Å². The molecule has 1 atom stereocenters. The number of nitrogens with zero attached hydrogens (tertiary/aromatic N) is 4. The number of tetrazole rings is 1. The Kier molecular flexibility index (Phi) is 4.04. The summed E-state index contributed by atoms with van der Waals surface area (Å²) in [6.45, 7) is 2.04. The van der Waals surface area contributed by atoms with E-state index in [1.807, 2.05) is 6.92 Å². The third-order valence-corrected chi connectivity index (χ3v) is 3.80. The number of carbonyl (C=O) groups excluding carboxylic acids is 1. The van der Waals surface area contributed by atoms with Gasteiger partial charge in [0.05, 0.1) is 7.11 Å². The normalized spacial score (nSPS) is 15.4. The predicted molar refractivity (Wildman–Crippen MR) is 80.0 cm³/mol. The van der Waals surface area contributed by atoms with Crippen molar-refractivity contribution in [2.24, 2.45) is 5.92 Å². The van der Waals surface area contributed by atoms with Crippen molar-refractivity contribution in [3.8, 4) is 11.4 Å². The molecule has 0 saturated heterocycles. The van der Waals surface area contributed by atoms with Gasteiger partial charge in [0.15, 0.2) is 0 Å². The zero-order valence-electron chi connectivity index (χ0n) is 12.7. The van der Waals surface area contributed by atoms with Crippen molar-refractivity contribution in [2.75, 3.05) is 7.11 Å². The number of ether oxygens (including phenoxy) is 1. The molecule has 1 aliphatic carbocycles. The summed E-state index contributed by atoms with van der Waals surface area (Å²) in [4.78, 5) is 12.4. The lowest BCUT2D eigenvalue weighted by molar-refractivity contribution is 0.0937. The average Bonchev–Trinajstić information content (AvgIpc) is 3.16. The largest absolute Gasteiger partial charge is 0.494 e. The summed E-state index contributed by atoms with van der Waals surface area (Å²) < 4.78 is 6.77. The number of methoxy groups -OCH3 is 1. The van der Waals surface area contributed by atoms with Crippen molar-refractivity contribution in [3.63, 3.8) is 0 Å². The Balaban J connectivity index is 1.78. The van der Waals surface area contributed by atoms with Crippen LogP contribution in [0.4, 0.5) is 0 Å². The van der Waals surface area contributed by atoms with Crippen molar-refractivity contribution in [3.05, 3.63) is 30.1 Å². The number of amides is 1. The molecule has 1 N–H and O–H groups in total. The molecule has 1 fully saturated rings. The van der Waals surface area contributed by atoms with Crippen molar-refractivity contribution in [1.82, 2.24) is 25.5 Å². The molecule has 22 heavy (non-hydrogen) atoms. The first-order valence-electron chi connectivity index (χ1n) is 7.39. The molecule has 0 spiro atoms. The second-order valence-corrected chi connectivity index (χ2v) is 5.69. The maximum atomic E-state index is 12.4. The Hall–Kier alpha value is -2.44. The zero-order valence-corrected chi connectivity index (χ0v) is 12.7. The van der Waals surface area contributed by atoms with Crippen LogP contribution in [-0.2, 0) is 0 Å². The van der Waals surface area contributed by atoms with Crippen LogP contribution < -0.4 is 10.1 Å². The molecule has 0 radical (unpaired) electrons. The minimum atomic E-state index is -0.0925. The van der Waals surface area contributed by atoms with Crippen LogP contribution in [0.2, 0.25) is 0 Å². The second kappa shape index (κ2) is 6.13. The maximum absolute atomic E-state index is 12.4. The Bertz CT molecular complexity index is 652. The van der Waals surface area contributed by atoms with Crippen LogP contribution in [0.1, 0.15) is 36.5 Å². The molecule has 1 saturated carbocycles. The monoisotopic (exact) mass is 301 g/mol. The summed E-state index contributed by atoms with van der Waals surface area (Å²) in [5.74, 6) is 1.29. The third kappa shape index (κ3) is 3.24. The van der Waals surface area contributed by atoms with Crippen molar-refractivity contribution < 1.29 is 9.53 Å². The summed E-state index contributed by atoms with van der Waals surface area (Å²) in [5, 5.41) is 14.1. The van der Waals surface area contributed by atoms with Gasteiger partial charge in [0.1, 0.15) is 17.8 Å². The highest BCUT2D eigenvalue weighted by Crippen LogP contribution is 2.33. The SMILES string of the molecule is COc1ccc(C(=O)N[C@@H](C)CC2CC2)cc1-n1cnnn1. The van der Waals surface area contributed by atoms with Gasteiger partial charge in [-0.15, -0.1) is 5.10 Å². The van der Waals surface area contributed by atoms with Gasteiger partial charge in [-0.1, -0.05) is 12.8 Å². The number of aromatic nitrogens is 4. The molecular formula is C15H19N5O2. The lowest BCUT2D eigenvalue weighted by atomic mass is 10.1. The molecule has 0 aliphatic heterocycles. The van der Waals surface area contributed by atoms with Crippen LogP contribution in [0, 0.1) is 5.92 Å². The minimum absolute atomic E-state index is 0.0925. The van der Waals surface area contributed by atoms with Crippen molar-refractivity contribution in [1.29, 1.82) is 0 Å². The number of nitrogens with one attached hydrogen (secondary N) is 1. The second-order valence-electron chi connectivity index (χ2n) is 5.69. The first-order valence-corrected chi connectivity index (χ1v) is 7.39. The number of hydrogen-bond donors (Lipinski definition) is 1. The molecule has 1 aromatic carbocycles. The van der Waals surface area contributed by atoms with Gasteiger partial charge in [0.25, 0.3) is 5.91 Å². The standard InChI is InChI=1S/C15H19N5O2/c1-10(7-11-3-4-11)17-15(21)12-5-6-14(22-2)13(8-12)20-9-16-18-19-20/h5-6,8-11H,3-4,7H2,1-2H3,(H,17,21)/t10-/m0/s1. The van der Waals surface area contributed by atoms with E-state index in [9.17, 15) is 4.79 Å². The Morgan fingerprint density at radius 3 is 2.95 bits per heavy atom. The molecule has 1 aromatic heterocycles. The van der Waals surface area contributed by atoms with E-state index >= 15 is 0 Å². The highest BCUT2D eigenvalue weighted by Gasteiger charge is 2.24. The fraction of sp³-hybridized carbons (Fsp3) is 0.467. The third-order valence-electron chi connectivity index (χ3n) is 3.80. The van der Waals surface area contributed by atoms with Gasteiger partial charge >= 0.3 is 0 Å². The van der Waals surface area contributed by atoms with Crippen LogP contribution in [-0.4, -0.2) is 39.3 Å².